The molecule has 2 aromatic heterocycles. The summed E-state index contributed by atoms with van der Waals surface area (Å²) in [5, 5.41) is 8.39. The average molecular weight is 429 g/mol. The van der Waals surface area contributed by atoms with Gasteiger partial charge in [0.1, 0.15) is 5.75 Å². The first-order valence-corrected chi connectivity index (χ1v) is 9.34. The number of piperazine rings is 1. The van der Waals surface area contributed by atoms with Crippen LogP contribution in [0.1, 0.15) is 10.6 Å². The number of para-hydroxylation sites is 1. The molecule has 138 valence electrons. The second-order valence-electron chi connectivity index (χ2n) is 6.03. The molecule has 3 heterocycles. The Hall–Kier alpha value is -2.87. The minimum Gasteiger partial charge on any atom is -0.444 e. The van der Waals surface area contributed by atoms with Crippen LogP contribution < -0.4 is 9.64 Å². The van der Waals surface area contributed by atoms with E-state index in [4.69, 9.17) is 9.15 Å². The Morgan fingerprint density at radius 1 is 0.963 bits per heavy atom. The molecule has 0 aliphatic carbocycles. The number of carbonyl (C=O) groups is 1. The Bertz CT molecular complexity index is 906. The molecule has 0 N–H and O–H groups in total. The molecule has 1 aliphatic heterocycles. The van der Waals surface area contributed by atoms with Crippen molar-refractivity contribution in [2.75, 3.05) is 31.1 Å². The minimum absolute atomic E-state index is 0.0990. The number of ether oxygens (including phenoxy) is 1. The van der Waals surface area contributed by atoms with Crippen LogP contribution >= 0.6 is 15.9 Å². The van der Waals surface area contributed by atoms with Crippen molar-refractivity contribution in [1.82, 2.24) is 15.1 Å². The van der Waals surface area contributed by atoms with Gasteiger partial charge in [-0.15, -0.1) is 10.2 Å². The quantitative estimate of drug-likeness (QED) is 0.632. The van der Waals surface area contributed by atoms with E-state index in [0.717, 1.165) is 11.6 Å². The van der Waals surface area contributed by atoms with Gasteiger partial charge in [-0.3, -0.25) is 4.79 Å². The molecule has 1 amide bonds. The van der Waals surface area contributed by atoms with Gasteiger partial charge in [-0.2, -0.15) is 0 Å². The number of carbonyl (C=O) groups excluding carboxylic acids is 1. The molecule has 3 aromatic rings. The largest absolute Gasteiger partial charge is 0.444 e. The van der Waals surface area contributed by atoms with Crippen LogP contribution in [0.2, 0.25) is 0 Å². The summed E-state index contributed by atoms with van der Waals surface area (Å²) in [5.41, 5.74) is 0. The second kappa shape index (κ2) is 7.79. The summed E-state index contributed by atoms with van der Waals surface area (Å²) in [6, 6.07) is 16.5. The van der Waals surface area contributed by atoms with Crippen molar-refractivity contribution in [3.05, 3.63) is 65.0 Å². The zero-order valence-electron chi connectivity index (χ0n) is 14.4. The molecule has 4 rings (SSSR count). The van der Waals surface area contributed by atoms with E-state index in [0.29, 0.717) is 42.5 Å². The molecule has 0 atom stereocenters. The third-order valence-electron chi connectivity index (χ3n) is 4.27. The smallest absolute Gasteiger partial charge is 0.289 e. The fourth-order valence-electron chi connectivity index (χ4n) is 2.87. The fourth-order valence-corrected chi connectivity index (χ4v) is 3.18. The minimum atomic E-state index is -0.0990. The van der Waals surface area contributed by atoms with Gasteiger partial charge in [-0.25, -0.2) is 0 Å². The number of aromatic nitrogens is 2. The molecule has 27 heavy (non-hydrogen) atoms. The maximum absolute atomic E-state index is 12.4. The van der Waals surface area contributed by atoms with Crippen LogP contribution in [-0.4, -0.2) is 47.2 Å². The summed E-state index contributed by atoms with van der Waals surface area (Å²) < 4.78 is 11.6. The third kappa shape index (κ3) is 4.11. The number of hydrogen-bond acceptors (Lipinski definition) is 6. The van der Waals surface area contributed by atoms with Gasteiger partial charge < -0.3 is 19.0 Å². The lowest BCUT2D eigenvalue weighted by Crippen LogP contribution is -2.49. The van der Waals surface area contributed by atoms with Crippen molar-refractivity contribution < 1.29 is 13.9 Å². The second-order valence-corrected chi connectivity index (χ2v) is 6.81. The van der Waals surface area contributed by atoms with Gasteiger partial charge in [-0.1, -0.05) is 18.2 Å². The number of anilines is 1. The Morgan fingerprint density at radius 2 is 1.74 bits per heavy atom. The number of furan rings is 1. The molecule has 1 aromatic carbocycles. The summed E-state index contributed by atoms with van der Waals surface area (Å²) in [6.07, 6.45) is 0. The zero-order valence-corrected chi connectivity index (χ0v) is 16.0. The summed E-state index contributed by atoms with van der Waals surface area (Å²) >= 11 is 3.22. The van der Waals surface area contributed by atoms with Crippen LogP contribution in [0.25, 0.3) is 0 Å². The van der Waals surface area contributed by atoms with E-state index < -0.39 is 0 Å². The summed E-state index contributed by atoms with van der Waals surface area (Å²) in [6.45, 7) is 2.56. The molecule has 0 saturated carbocycles. The van der Waals surface area contributed by atoms with Crippen molar-refractivity contribution in [3.63, 3.8) is 0 Å². The molecule has 0 spiro atoms. The highest BCUT2D eigenvalue weighted by molar-refractivity contribution is 9.10. The molecule has 0 unspecified atom stereocenters. The van der Waals surface area contributed by atoms with Gasteiger partial charge in [0.25, 0.3) is 5.91 Å². The van der Waals surface area contributed by atoms with E-state index in [1.165, 1.54) is 0 Å². The molecule has 0 bridgehead atoms. The monoisotopic (exact) mass is 428 g/mol. The lowest BCUT2D eigenvalue weighted by atomic mass is 10.3. The summed E-state index contributed by atoms with van der Waals surface area (Å²) in [5.74, 6) is 2.18. The van der Waals surface area contributed by atoms with Crippen molar-refractivity contribution in [2.24, 2.45) is 0 Å². The average Bonchev–Trinajstić information content (AvgIpc) is 3.15. The Morgan fingerprint density at radius 3 is 2.37 bits per heavy atom. The number of amides is 1. The third-order valence-corrected chi connectivity index (χ3v) is 4.69. The SMILES string of the molecule is O=C(c1ccc(Br)o1)N1CCN(c2ccc(Oc3ccccc3)nn2)CC1. The highest BCUT2D eigenvalue weighted by Gasteiger charge is 2.25. The first-order chi connectivity index (χ1) is 13.2. The van der Waals surface area contributed by atoms with Gasteiger partial charge in [0.2, 0.25) is 5.88 Å². The molecular formula is C19H17BrN4O3. The Labute approximate surface area is 164 Å². The maximum Gasteiger partial charge on any atom is 0.289 e. The van der Waals surface area contributed by atoms with Crippen LogP contribution in [0, 0.1) is 0 Å². The lowest BCUT2D eigenvalue weighted by molar-refractivity contribution is 0.0713. The lowest BCUT2D eigenvalue weighted by Gasteiger charge is -2.34. The number of nitrogens with zero attached hydrogens (tertiary/aromatic N) is 4. The van der Waals surface area contributed by atoms with E-state index in [-0.39, 0.29) is 5.91 Å². The molecule has 8 heteroatoms. The van der Waals surface area contributed by atoms with Crippen LogP contribution in [0.3, 0.4) is 0 Å². The zero-order chi connectivity index (χ0) is 18.6. The summed E-state index contributed by atoms with van der Waals surface area (Å²) in [4.78, 5) is 16.3. The molecule has 1 saturated heterocycles. The van der Waals surface area contributed by atoms with E-state index in [2.05, 4.69) is 31.0 Å². The van der Waals surface area contributed by atoms with Gasteiger partial charge in [0.15, 0.2) is 16.2 Å². The molecular weight excluding hydrogens is 412 g/mol. The Kier molecular flexibility index (Phi) is 5.06. The van der Waals surface area contributed by atoms with Crippen LogP contribution in [0.5, 0.6) is 11.6 Å². The number of halogens is 1. The number of benzene rings is 1. The first kappa shape index (κ1) is 17.5. The highest BCUT2D eigenvalue weighted by Crippen LogP contribution is 2.21. The van der Waals surface area contributed by atoms with Crippen molar-refractivity contribution in [1.29, 1.82) is 0 Å². The first-order valence-electron chi connectivity index (χ1n) is 8.55. The van der Waals surface area contributed by atoms with Crippen LogP contribution in [0.4, 0.5) is 5.82 Å². The van der Waals surface area contributed by atoms with Crippen LogP contribution in [0.15, 0.2) is 63.7 Å². The van der Waals surface area contributed by atoms with Crippen LogP contribution in [-0.2, 0) is 0 Å². The van der Waals surface area contributed by atoms with E-state index in [9.17, 15) is 4.79 Å². The van der Waals surface area contributed by atoms with Gasteiger partial charge in [0.05, 0.1) is 0 Å². The maximum atomic E-state index is 12.4. The Balaban J connectivity index is 1.35. The van der Waals surface area contributed by atoms with E-state index >= 15 is 0 Å². The van der Waals surface area contributed by atoms with Crippen molar-refractivity contribution in [3.8, 4) is 11.6 Å². The van der Waals surface area contributed by atoms with Crippen molar-refractivity contribution in [2.45, 2.75) is 0 Å². The fraction of sp³-hybridized carbons (Fsp3) is 0.211. The molecule has 1 aliphatic rings. The predicted molar refractivity (Wildman–Crippen MR) is 103 cm³/mol. The molecule has 1 fully saturated rings. The standard InChI is InChI=1S/C19H17BrN4O3/c20-16-7-6-15(27-16)19(25)24-12-10-23(11-13-24)17-8-9-18(22-21-17)26-14-4-2-1-3-5-14/h1-9H,10-13H2. The van der Waals surface area contributed by atoms with Gasteiger partial charge in [0, 0.05) is 32.2 Å². The summed E-state index contributed by atoms with van der Waals surface area (Å²) in [7, 11) is 0. The normalized spacial score (nSPS) is 14.3. The van der Waals surface area contributed by atoms with Gasteiger partial charge in [-0.05, 0) is 46.3 Å². The highest BCUT2D eigenvalue weighted by atomic mass is 79.9. The molecule has 0 radical (unpaired) electrons. The van der Waals surface area contributed by atoms with Gasteiger partial charge >= 0.3 is 0 Å². The van der Waals surface area contributed by atoms with E-state index in [1.54, 1.807) is 23.1 Å². The number of rotatable bonds is 4. The molecule has 7 nitrogen and oxygen atoms in total. The predicted octanol–water partition coefficient (Wildman–Crippen LogP) is 3.59. The van der Waals surface area contributed by atoms with E-state index in [1.807, 2.05) is 36.4 Å². The van der Waals surface area contributed by atoms with Crippen molar-refractivity contribution >= 4 is 27.7 Å². The number of hydrogen-bond donors (Lipinski definition) is 0. The topological polar surface area (TPSA) is 71.7 Å².